The molecule has 0 radical (unpaired) electrons. The maximum Gasteiger partial charge on any atom is 0.0568 e. The van der Waals surface area contributed by atoms with Gasteiger partial charge in [-0.3, -0.25) is 0 Å². The molecule has 1 aromatic rings. The van der Waals surface area contributed by atoms with Crippen molar-refractivity contribution in [3.8, 4) is 0 Å². The SMILES string of the molecule is CCN1CCCC(Nc2ccc(Br)c(Cl)c2)CC1. The van der Waals surface area contributed by atoms with Crippen LogP contribution in [0.3, 0.4) is 0 Å². The van der Waals surface area contributed by atoms with Crippen LogP contribution >= 0.6 is 27.5 Å². The molecule has 1 aromatic carbocycles. The summed E-state index contributed by atoms with van der Waals surface area (Å²) < 4.78 is 0.952. The van der Waals surface area contributed by atoms with Crippen LogP contribution in [0.1, 0.15) is 26.2 Å². The first-order valence-corrected chi connectivity index (χ1v) is 7.80. The molecule has 1 fully saturated rings. The minimum absolute atomic E-state index is 0.568. The summed E-state index contributed by atoms with van der Waals surface area (Å²) in [6, 6.07) is 6.64. The number of likely N-dealkylation sites (tertiary alicyclic amines) is 1. The lowest BCUT2D eigenvalue weighted by Gasteiger charge is -2.19. The Hall–Kier alpha value is -0.250. The molecule has 1 aliphatic heterocycles. The summed E-state index contributed by atoms with van der Waals surface area (Å²) in [5.74, 6) is 0. The first-order valence-electron chi connectivity index (χ1n) is 6.63. The van der Waals surface area contributed by atoms with E-state index in [1.807, 2.05) is 12.1 Å². The van der Waals surface area contributed by atoms with Crippen molar-refractivity contribution in [3.05, 3.63) is 27.7 Å². The van der Waals surface area contributed by atoms with Crippen LogP contribution in [0, 0.1) is 0 Å². The van der Waals surface area contributed by atoms with Crippen LogP contribution in [-0.4, -0.2) is 30.6 Å². The van der Waals surface area contributed by atoms with E-state index in [9.17, 15) is 0 Å². The zero-order chi connectivity index (χ0) is 13.0. The summed E-state index contributed by atoms with van der Waals surface area (Å²) in [6.07, 6.45) is 3.72. The van der Waals surface area contributed by atoms with Crippen LogP contribution in [0.2, 0.25) is 5.02 Å². The van der Waals surface area contributed by atoms with Gasteiger partial charge < -0.3 is 10.2 Å². The Labute approximate surface area is 123 Å². The minimum atomic E-state index is 0.568. The van der Waals surface area contributed by atoms with Crippen molar-refractivity contribution < 1.29 is 0 Å². The number of nitrogens with one attached hydrogen (secondary N) is 1. The number of halogens is 2. The minimum Gasteiger partial charge on any atom is -0.382 e. The monoisotopic (exact) mass is 330 g/mol. The van der Waals surface area contributed by atoms with Gasteiger partial charge >= 0.3 is 0 Å². The summed E-state index contributed by atoms with van der Waals surface area (Å²) in [4.78, 5) is 2.52. The Morgan fingerprint density at radius 3 is 2.94 bits per heavy atom. The van der Waals surface area contributed by atoms with Crippen LogP contribution in [0.15, 0.2) is 22.7 Å². The van der Waals surface area contributed by atoms with Crippen molar-refractivity contribution >= 4 is 33.2 Å². The topological polar surface area (TPSA) is 15.3 Å². The van der Waals surface area contributed by atoms with E-state index in [4.69, 9.17) is 11.6 Å². The van der Waals surface area contributed by atoms with Crippen molar-refractivity contribution in [1.29, 1.82) is 0 Å². The van der Waals surface area contributed by atoms with Gasteiger partial charge in [0.15, 0.2) is 0 Å². The third-order valence-electron chi connectivity index (χ3n) is 3.56. The van der Waals surface area contributed by atoms with Gasteiger partial charge in [-0.1, -0.05) is 18.5 Å². The summed E-state index contributed by atoms with van der Waals surface area (Å²) in [6.45, 7) is 5.83. The van der Waals surface area contributed by atoms with E-state index >= 15 is 0 Å². The molecule has 0 aromatic heterocycles. The highest BCUT2D eigenvalue weighted by Crippen LogP contribution is 2.26. The number of anilines is 1. The van der Waals surface area contributed by atoms with Gasteiger partial charge in [-0.05, 0) is 66.5 Å². The highest BCUT2D eigenvalue weighted by Gasteiger charge is 2.15. The molecule has 0 spiro atoms. The van der Waals surface area contributed by atoms with Crippen LogP contribution in [-0.2, 0) is 0 Å². The van der Waals surface area contributed by atoms with Gasteiger partial charge in [-0.15, -0.1) is 0 Å². The molecule has 4 heteroatoms. The molecular formula is C14H20BrClN2. The lowest BCUT2D eigenvalue weighted by Crippen LogP contribution is -2.26. The van der Waals surface area contributed by atoms with Crippen LogP contribution in [0.4, 0.5) is 5.69 Å². The molecule has 0 aliphatic carbocycles. The maximum atomic E-state index is 6.11. The Bertz CT molecular complexity index is 397. The maximum absolute atomic E-state index is 6.11. The van der Waals surface area contributed by atoms with Crippen LogP contribution in [0.5, 0.6) is 0 Å². The summed E-state index contributed by atoms with van der Waals surface area (Å²) in [5, 5.41) is 4.37. The van der Waals surface area contributed by atoms with Gasteiger partial charge in [-0.25, -0.2) is 0 Å². The molecule has 2 nitrogen and oxygen atoms in total. The lowest BCUT2D eigenvalue weighted by molar-refractivity contribution is 0.300. The zero-order valence-electron chi connectivity index (χ0n) is 10.8. The van der Waals surface area contributed by atoms with Crippen molar-refractivity contribution in [3.63, 3.8) is 0 Å². The molecule has 1 saturated heterocycles. The van der Waals surface area contributed by atoms with Crippen LogP contribution < -0.4 is 5.32 Å². The second-order valence-electron chi connectivity index (χ2n) is 4.84. The largest absolute Gasteiger partial charge is 0.382 e. The number of rotatable bonds is 3. The number of benzene rings is 1. The molecule has 1 unspecified atom stereocenters. The highest BCUT2D eigenvalue weighted by molar-refractivity contribution is 9.10. The zero-order valence-corrected chi connectivity index (χ0v) is 13.1. The van der Waals surface area contributed by atoms with Gasteiger partial charge in [0.25, 0.3) is 0 Å². The molecule has 1 aliphatic rings. The number of nitrogens with zero attached hydrogens (tertiary/aromatic N) is 1. The van der Waals surface area contributed by atoms with Gasteiger partial charge in [0.05, 0.1) is 5.02 Å². The first-order chi connectivity index (χ1) is 8.69. The van der Waals surface area contributed by atoms with Crippen molar-refractivity contribution in [2.24, 2.45) is 0 Å². The third kappa shape index (κ3) is 3.87. The Kier molecular flexibility index (Phi) is 5.34. The predicted molar refractivity (Wildman–Crippen MR) is 82.5 cm³/mol. The average Bonchev–Trinajstić information content (AvgIpc) is 2.59. The Balaban J connectivity index is 1.94. The highest BCUT2D eigenvalue weighted by atomic mass is 79.9. The molecule has 0 saturated carbocycles. The molecule has 0 amide bonds. The molecule has 2 rings (SSSR count). The lowest BCUT2D eigenvalue weighted by atomic mass is 10.1. The molecular weight excluding hydrogens is 312 g/mol. The van der Waals surface area contributed by atoms with E-state index in [0.29, 0.717) is 6.04 Å². The molecule has 1 atom stereocenters. The molecule has 1 N–H and O–H groups in total. The standard InChI is InChI=1S/C14H20BrClN2/c1-2-18-8-3-4-11(7-9-18)17-12-5-6-13(15)14(16)10-12/h5-6,10-11,17H,2-4,7-9H2,1H3. The molecule has 0 bridgehead atoms. The van der Waals surface area contributed by atoms with Crippen LogP contribution in [0.25, 0.3) is 0 Å². The van der Waals surface area contributed by atoms with E-state index < -0.39 is 0 Å². The first kappa shape index (κ1) is 14.2. The number of hydrogen-bond donors (Lipinski definition) is 1. The van der Waals surface area contributed by atoms with E-state index in [0.717, 1.165) is 21.7 Å². The quantitative estimate of drug-likeness (QED) is 0.883. The fourth-order valence-electron chi connectivity index (χ4n) is 2.44. The smallest absolute Gasteiger partial charge is 0.0568 e. The average molecular weight is 332 g/mol. The normalized spacial score (nSPS) is 21.6. The Morgan fingerprint density at radius 2 is 2.22 bits per heavy atom. The summed E-state index contributed by atoms with van der Waals surface area (Å²) in [5.41, 5.74) is 1.12. The van der Waals surface area contributed by atoms with Gasteiger partial charge in [0.1, 0.15) is 0 Å². The Morgan fingerprint density at radius 1 is 1.39 bits per heavy atom. The second-order valence-corrected chi connectivity index (χ2v) is 6.10. The van der Waals surface area contributed by atoms with E-state index in [2.05, 4.69) is 39.1 Å². The van der Waals surface area contributed by atoms with Gasteiger partial charge in [0.2, 0.25) is 0 Å². The van der Waals surface area contributed by atoms with E-state index in [1.54, 1.807) is 0 Å². The molecule has 1 heterocycles. The van der Waals surface area contributed by atoms with Crippen molar-refractivity contribution in [2.75, 3.05) is 25.0 Å². The molecule has 18 heavy (non-hydrogen) atoms. The molecule has 100 valence electrons. The summed E-state index contributed by atoms with van der Waals surface area (Å²) >= 11 is 9.53. The van der Waals surface area contributed by atoms with Gasteiger partial charge in [0, 0.05) is 22.7 Å². The second kappa shape index (κ2) is 6.78. The predicted octanol–water partition coefficient (Wildman–Crippen LogP) is 4.39. The van der Waals surface area contributed by atoms with Crippen molar-refractivity contribution in [1.82, 2.24) is 4.90 Å². The fraction of sp³-hybridized carbons (Fsp3) is 0.571. The third-order valence-corrected chi connectivity index (χ3v) is 4.79. The summed E-state index contributed by atoms with van der Waals surface area (Å²) in [7, 11) is 0. The van der Waals surface area contributed by atoms with Crippen molar-refractivity contribution in [2.45, 2.75) is 32.2 Å². The van der Waals surface area contributed by atoms with E-state index in [-0.39, 0.29) is 0 Å². The van der Waals surface area contributed by atoms with Gasteiger partial charge in [-0.2, -0.15) is 0 Å². The van der Waals surface area contributed by atoms with E-state index in [1.165, 1.54) is 32.4 Å². The number of hydrogen-bond acceptors (Lipinski definition) is 2. The fourth-order valence-corrected chi connectivity index (χ4v) is 2.87.